The molecule has 1 atom stereocenters. The Balaban J connectivity index is 2.32. The Morgan fingerprint density at radius 1 is 0.783 bits per heavy atom. The summed E-state index contributed by atoms with van der Waals surface area (Å²) < 4.78 is 0. The summed E-state index contributed by atoms with van der Waals surface area (Å²) in [7, 11) is -2.96. The minimum absolute atomic E-state index is 0.691. The summed E-state index contributed by atoms with van der Waals surface area (Å²) in [5.74, 6) is 0. The van der Waals surface area contributed by atoms with E-state index in [1.807, 2.05) is 0 Å². The molecular weight excluding hydrogens is 308 g/mol. The average molecular weight is 339 g/mol. The second kappa shape index (κ2) is 7.46. The first-order valence-electron chi connectivity index (χ1n) is 8.62. The van der Waals surface area contributed by atoms with Crippen LogP contribution in [-0.2, 0) is 0 Å². The monoisotopic (exact) mass is 338 g/mol. The molecule has 1 unspecified atom stereocenters. The molecule has 0 aliphatic carbocycles. The molecule has 0 aliphatic rings. The largest absolute Gasteiger partial charge is 0.0917 e. The second-order valence-corrected chi connectivity index (χ2v) is 17.2. The van der Waals surface area contributed by atoms with E-state index in [2.05, 4.69) is 106 Å². The molecular formula is C21H30Si2. The molecule has 0 fully saturated rings. The average Bonchev–Trinajstić information content (AvgIpc) is 2.56. The zero-order valence-corrected chi connectivity index (χ0v) is 17.2. The van der Waals surface area contributed by atoms with E-state index in [9.17, 15) is 0 Å². The van der Waals surface area contributed by atoms with Crippen LogP contribution in [0.4, 0.5) is 0 Å². The highest BCUT2D eigenvalue weighted by Gasteiger charge is 2.37. The Labute approximate surface area is 144 Å². The number of allylic oxidation sites excluding steroid dienone is 2. The van der Waals surface area contributed by atoms with E-state index in [0.29, 0.717) is 5.54 Å². The van der Waals surface area contributed by atoms with Gasteiger partial charge in [0.15, 0.2) is 0 Å². The number of benzene rings is 2. The van der Waals surface area contributed by atoms with Crippen LogP contribution in [0.1, 0.15) is 6.92 Å². The molecule has 2 heteroatoms. The standard InChI is InChI=1S/C21H30Si2/c1-6-13-21(23(4,5)20-16-11-8-12-17-20)18-22(2,3)19-14-9-7-10-15-19/h6-17,21H,18H2,1-5H3/b13-6+. The quantitative estimate of drug-likeness (QED) is 0.504. The van der Waals surface area contributed by atoms with Crippen LogP contribution in [0.5, 0.6) is 0 Å². The van der Waals surface area contributed by atoms with Gasteiger partial charge in [-0.05, 0) is 18.5 Å². The third-order valence-corrected chi connectivity index (χ3v) is 13.0. The van der Waals surface area contributed by atoms with Crippen LogP contribution in [0.3, 0.4) is 0 Å². The topological polar surface area (TPSA) is 0 Å². The Hall–Kier alpha value is -1.39. The third kappa shape index (κ3) is 4.33. The van der Waals surface area contributed by atoms with Crippen molar-refractivity contribution in [3.05, 3.63) is 72.8 Å². The Kier molecular flexibility index (Phi) is 5.82. The van der Waals surface area contributed by atoms with Gasteiger partial charge in [0.2, 0.25) is 0 Å². The van der Waals surface area contributed by atoms with Crippen LogP contribution in [0.2, 0.25) is 37.8 Å². The first-order chi connectivity index (χ1) is 10.9. The van der Waals surface area contributed by atoms with Gasteiger partial charge < -0.3 is 0 Å². The van der Waals surface area contributed by atoms with Crippen LogP contribution < -0.4 is 10.4 Å². The van der Waals surface area contributed by atoms with Crippen molar-refractivity contribution in [1.82, 2.24) is 0 Å². The van der Waals surface area contributed by atoms with Crippen molar-refractivity contribution in [1.29, 1.82) is 0 Å². The van der Waals surface area contributed by atoms with E-state index in [0.717, 1.165) is 0 Å². The van der Waals surface area contributed by atoms with Crippen molar-refractivity contribution < 1.29 is 0 Å². The molecule has 0 nitrogen and oxygen atoms in total. The maximum atomic E-state index is 2.53. The van der Waals surface area contributed by atoms with E-state index in [1.165, 1.54) is 6.04 Å². The number of rotatable bonds is 6. The summed E-state index contributed by atoms with van der Waals surface area (Å²) in [5, 5.41) is 3.15. The lowest BCUT2D eigenvalue weighted by Crippen LogP contribution is -2.50. The fourth-order valence-electron chi connectivity index (χ4n) is 3.43. The molecule has 0 amide bonds. The van der Waals surface area contributed by atoms with Gasteiger partial charge in [0.25, 0.3) is 0 Å². The van der Waals surface area contributed by atoms with Crippen molar-refractivity contribution >= 4 is 26.5 Å². The molecule has 0 radical (unpaired) electrons. The molecule has 0 aromatic heterocycles. The molecule has 0 saturated heterocycles. The molecule has 0 aliphatic heterocycles. The molecule has 0 spiro atoms. The molecule has 122 valence electrons. The third-order valence-electron chi connectivity index (χ3n) is 5.16. The van der Waals surface area contributed by atoms with Gasteiger partial charge in [-0.2, -0.15) is 0 Å². The van der Waals surface area contributed by atoms with Crippen molar-refractivity contribution in [2.24, 2.45) is 0 Å². The lowest BCUT2D eigenvalue weighted by atomic mass is 10.4. The zero-order chi connectivity index (χ0) is 16.9. The molecule has 2 rings (SSSR count). The van der Waals surface area contributed by atoms with Crippen molar-refractivity contribution in [3.63, 3.8) is 0 Å². The fraction of sp³-hybridized carbons (Fsp3) is 0.333. The minimum atomic E-state index is -1.52. The Morgan fingerprint density at radius 2 is 1.26 bits per heavy atom. The predicted octanol–water partition coefficient (Wildman–Crippen LogP) is 5.16. The second-order valence-electron chi connectivity index (χ2n) is 7.67. The van der Waals surface area contributed by atoms with Crippen molar-refractivity contribution in [2.45, 2.75) is 44.7 Å². The highest BCUT2D eigenvalue weighted by Crippen LogP contribution is 2.32. The highest BCUT2D eigenvalue weighted by molar-refractivity contribution is 6.95. The van der Waals surface area contributed by atoms with E-state index in [-0.39, 0.29) is 0 Å². The van der Waals surface area contributed by atoms with E-state index >= 15 is 0 Å². The lowest BCUT2D eigenvalue weighted by molar-refractivity contribution is 1.09. The van der Waals surface area contributed by atoms with Gasteiger partial charge in [-0.1, -0.05) is 109 Å². The van der Waals surface area contributed by atoms with Gasteiger partial charge in [0.1, 0.15) is 0 Å². The highest BCUT2D eigenvalue weighted by atomic mass is 28.3. The summed E-state index contributed by atoms with van der Waals surface area (Å²) >= 11 is 0. The number of hydrogen-bond acceptors (Lipinski definition) is 0. The summed E-state index contributed by atoms with van der Waals surface area (Å²) in [5.41, 5.74) is 0.691. The van der Waals surface area contributed by atoms with Crippen molar-refractivity contribution in [2.75, 3.05) is 0 Å². The Bertz CT molecular complexity index is 627. The Morgan fingerprint density at radius 3 is 1.74 bits per heavy atom. The summed E-state index contributed by atoms with van der Waals surface area (Å²) in [4.78, 5) is 0. The zero-order valence-electron chi connectivity index (χ0n) is 15.2. The van der Waals surface area contributed by atoms with Crippen LogP contribution >= 0.6 is 0 Å². The van der Waals surface area contributed by atoms with E-state index < -0.39 is 16.1 Å². The summed E-state index contributed by atoms with van der Waals surface area (Å²) in [6.45, 7) is 12.3. The van der Waals surface area contributed by atoms with Gasteiger partial charge in [-0.3, -0.25) is 0 Å². The minimum Gasteiger partial charge on any atom is -0.0917 e. The van der Waals surface area contributed by atoms with E-state index in [4.69, 9.17) is 0 Å². The normalized spacial score (nSPS) is 14.1. The van der Waals surface area contributed by atoms with Crippen molar-refractivity contribution in [3.8, 4) is 0 Å². The van der Waals surface area contributed by atoms with Crippen LogP contribution in [0, 0.1) is 0 Å². The molecule has 23 heavy (non-hydrogen) atoms. The SMILES string of the molecule is C/C=C/C(C[Si](C)(C)c1ccccc1)[Si](C)(C)c1ccccc1. The fourth-order valence-corrected chi connectivity index (χ4v) is 11.7. The van der Waals surface area contributed by atoms with E-state index in [1.54, 1.807) is 10.4 Å². The maximum absolute atomic E-state index is 2.53. The lowest BCUT2D eigenvalue weighted by Gasteiger charge is -2.36. The predicted molar refractivity (Wildman–Crippen MR) is 110 cm³/mol. The van der Waals surface area contributed by atoms with Gasteiger partial charge in [0.05, 0.1) is 16.1 Å². The molecule has 0 heterocycles. The first-order valence-corrected chi connectivity index (χ1v) is 14.9. The van der Waals surface area contributed by atoms with Gasteiger partial charge in [-0.25, -0.2) is 0 Å². The smallest absolute Gasteiger partial charge is 0.0871 e. The molecule has 0 saturated carbocycles. The molecule has 2 aromatic carbocycles. The maximum Gasteiger partial charge on any atom is 0.0871 e. The van der Waals surface area contributed by atoms with Crippen LogP contribution in [0.25, 0.3) is 0 Å². The van der Waals surface area contributed by atoms with Gasteiger partial charge in [-0.15, -0.1) is 0 Å². The van der Waals surface area contributed by atoms with Crippen LogP contribution in [0.15, 0.2) is 72.8 Å². The first kappa shape index (κ1) is 18.0. The summed E-state index contributed by atoms with van der Waals surface area (Å²) in [6, 6.07) is 23.7. The molecule has 0 bridgehead atoms. The molecule has 0 N–H and O–H groups in total. The van der Waals surface area contributed by atoms with Gasteiger partial charge in [0, 0.05) is 0 Å². The van der Waals surface area contributed by atoms with Crippen LogP contribution in [-0.4, -0.2) is 16.1 Å². The van der Waals surface area contributed by atoms with Gasteiger partial charge >= 0.3 is 0 Å². The molecule has 2 aromatic rings. The summed E-state index contributed by atoms with van der Waals surface area (Å²) in [6.07, 6.45) is 4.74. The number of hydrogen-bond donors (Lipinski definition) is 0.